The van der Waals surface area contributed by atoms with E-state index in [9.17, 15) is 0 Å². The number of benzene rings is 1. The molecule has 0 spiro atoms. The minimum absolute atomic E-state index is 0.815. The second-order valence-electron chi connectivity index (χ2n) is 8.27. The molecule has 4 heteroatoms. The van der Waals surface area contributed by atoms with Crippen molar-refractivity contribution in [2.75, 3.05) is 39.3 Å². The zero-order valence-corrected chi connectivity index (χ0v) is 17.5. The molecule has 0 atom stereocenters. The molecule has 28 heavy (non-hydrogen) atoms. The Hall–Kier alpha value is -1.78. The average molecular weight is 395 g/mol. The molecule has 0 amide bonds. The molecule has 0 unspecified atom stereocenters. The highest BCUT2D eigenvalue weighted by molar-refractivity contribution is 7.08. The third-order valence-corrected chi connectivity index (χ3v) is 7.09. The summed E-state index contributed by atoms with van der Waals surface area (Å²) in [6.07, 6.45) is 7.72. The Morgan fingerprint density at radius 1 is 0.964 bits per heavy atom. The Bertz CT molecular complexity index is 928. The minimum atomic E-state index is 0.815. The zero-order chi connectivity index (χ0) is 18.8. The molecule has 148 valence electrons. The van der Waals surface area contributed by atoms with Gasteiger partial charge in [-0.1, -0.05) is 12.5 Å². The third-order valence-electron chi connectivity index (χ3n) is 6.41. The fourth-order valence-corrected chi connectivity index (χ4v) is 5.62. The van der Waals surface area contributed by atoms with E-state index >= 15 is 0 Å². The first kappa shape index (κ1) is 18.3. The number of piperidine rings is 1. The van der Waals surface area contributed by atoms with E-state index in [1.54, 1.807) is 11.3 Å². The van der Waals surface area contributed by atoms with Crippen LogP contribution >= 0.6 is 11.3 Å². The summed E-state index contributed by atoms with van der Waals surface area (Å²) in [4.78, 5) is 5.17. The van der Waals surface area contributed by atoms with Crippen LogP contribution in [0.15, 0.2) is 35.0 Å². The lowest BCUT2D eigenvalue weighted by molar-refractivity contribution is 0.205. The number of hydrogen-bond donors (Lipinski definition) is 0. The van der Waals surface area contributed by atoms with Crippen molar-refractivity contribution in [3.8, 4) is 5.75 Å². The van der Waals surface area contributed by atoms with Crippen molar-refractivity contribution in [3.05, 3.63) is 51.0 Å². The first-order valence-corrected chi connectivity index (χ1v) is 11.8. The normalized spacial score (nSPS) is 19.6. The topological polar surface area (TPSA) is 15.7 Å². The number of hydrogen-bond acceptors (Lipinski definition) is 4. The average Bonchev–Trinajstić information content (AvgIpc) is 3.43. The lowest BCUT2D eigenvalue weighted by atomic mass is 9.99. The van der Waals surface area contributed by atoms with E-state index in [-0.39, 0.29) is 0 Å². The van der Waals surface area contributed by atoms with Crippen LogP contribution in [0.2, 0.25) is 0 Å². The molecule has 5 rings (SSSR count). The van der Waals surface area contributed by atoms with Crippen LogP contribution in [0.4, 0.5) is 0 Å². The Balaban J connectivity index is 1.35. The van der Waals surface area contributed by atoms with Gasteiger partial charge < -0.3 is 14.5 Å². The van der Waals surface area contributed by atoms with Crippen molar-refractivity contribution in [2.45, 2.75) is 38.5 Å². The van der Waals surface area contributed by atoms with Crippen LogP contribution in [0, 0.1) is 0 Å². The zero-order valence-electron chi connectivity index (χ0n) is 16.7. The Kier molecular flexibility index (Phi) is 5.41. The van der Waals surface area contributed by atoms with E-state index in [0.29, 0.717) is 0 Å². The van der Waals surface area contributed by atoms with Gasteiger partial charge in [0.25, 0.3) is 0 Å². The molecular formula is C24H30N2OS. The number of thiophene rings is 1. The molecule has 0 N–H and O–H groups in total. The molecule has 0 saturated carbocycles. The third kappa shape index (κ3) is 3.72. The Morgan fingerprint density at radius 3 is 2.75 bits per heavy atom. The smallest absolute Gasteiger partial charge is 0.119 e. The van der Waals surface area contributed by atoms with Gasteiger partial charge in [0.05, 0.1) is 6.61 Å². The molecule has 0 bridgehead atoms. The maximum atomic E-state index is 6.17. The van der Waals surface area contributed by atoms with Crippen LogP contribution in [0.1, 0.15) is 44.1 Å². The van der Waals surface area contributed by atoms with Gasteiger partial charge in [-0.3, -0.25) is 0 Å². The van der Waals surface area contributed by atoms with Gasteiger partial charge in [0.15, 0.2) is 0 Å². The van der Waals surface area contributed by atoms with Gasteiger partial charge >= 0.3 is 0 Å². The first-order valence-electron chi connectivity index (χ1n) is 10.9. The van der Waals surface area contributed by atoms with Crippen LogP contribution < -0.4 is 15.2 Å². The highest BCUT2D eigenvalue weighted by Gasteiger charge is 2.24. The van der Waals surface area contributed by atoms with Gasteiger partial charge in [-0.15, -0.1) is 0 Å². The summed E-state index contributed by atoms with van der Waals surface area (Å²) in [5.74, 6) is 1.03. The van der Waals surface area contributed by atoms with Crippen molar-refractivity contribution in [3.63, 3.8) is 0 Å². The van der Waals surface area contributed by atoms with E-state index in [1.165, 1.54) is 85.6 Å². The molecule has 3 nitrogen and oxygen atoms in total. The maximum Gasteiger partial charge on any atom is 0.119 e. The van der Waals surface area contributed by atoms with Crippen LogP contribution in [-0.2, 0) is 0 Å². The number of fused-ring (bicyclic) bond motifs is 2. The molecule has 3 aliphatic heterocycles. The standard InChI is InChI=1S/C24H30N2OS/c1-2-10-25(11-3-1)12-5-14-27-20-7-8-21-22(16-20)24-6-4-13-26(24)17-23(21)19-9-15-28-18-19/h7-9,15-16,18H,1-6,10-14,17H2. The van der Waals surface area contributed by atoms with Gasteiger partial charge in [0.2, 0.25) is 0 Å². The van der Waals surface area contributed by atoms with Crippen molar-refractivity contribution in [2.24, 2.45) is 0 Å². The van der Waals surface area contributed by atoms with E-state index in [4.69, 9.17) is 4.74 Å². The van der Waals surface area contributed by atoms with Crippen LogP contribution in [0.5, 0.6) is 5.75 Å². The molecule has 2 saturated heterocycles. The SMILES string of the molecule is c1cc(C2=c3ccc(OCCCN4CCCCC4)cc3=C3CCCN3C2)cs1. The first-order chi connectivity index (χ1) is 13.9. The summed E-state index contributed by atoms with van der Waals surface area (Å²) in [5.41, 5.74) is 4.37. The molecular weight excluding hydrogens is 364 g/mol. The lowest BCUT2D eigenvalue weighted by Crippen LogP contribution is -2.40. The summed E-state index contributed by atoms with van der Waals surface area (Å²) in [5, 5.41) is 7.28. The van der Waals surface area contributed by atoms with Gasteiger partial charge in [0, 0.05) is 30.5 Å². The largest absolute Gasteiger partial charge is 0.494 e. The molecule has 4 heterocycles. The van der Waals surface area contributed by atoms with E-state index in [2.05, 4.69) is 44.8 Å². The highest BCUT2D eigenvalue weighted by Crippen LogP contribution is 2.27. The van der Waals surface area contributed by atoms with E-state index in [1.807, 2.05) is 0 Å². The summed E-state index contributed by atoms with van der Waals surface area (Å²) in [6, 6.07) is 9.04. The fraction of sp³-hybridized carbons (Fsp3) is 0.500. The van der Waals surface area contributed by atoms with Crippen LogP contribution in [0.3, 0.4) is 0 Å². The molecule has 2 fully saturated rings. The molecule has 2 aromatic rings. The number of likely N-dealkylation sites (tertiary alicyclic amines) is 1. The molecule has 1 aromatic carbocycles. The second kappa shape index (κ2) is 8.30. The molecule has 0 aliphatic carbocycles. The van der Waals surface area contributed by atoms with Crippen molar-refractivity contribution in [1.29, 1.82) is 0 Å². The van der Waals surface area contributed by atoms with Gasteiger partial charge in [-0.25, -0.2) is 0 Å². The number of ether oxygens (including phenoxy) is 1. The highest BCUT2D eigenvalue weighted by atomic mass is 32.1. The Morgan fingerprint density at radius 2 is 1.89 bits per heavy atom. The molecule has 3 aliphatic rings. The lowest BCUT2D eigenvalue weighted by Gasteiger charge is -2.27. The van der Waals surface area contributed by atoms with Crippen molar-refractivity contribution < 1.29 is 4.74 Å². The van der Waals surface area contributed by atoms with Crippen LogP contribution in [0.25, 0.3) is 11.3 Å². The Labute approximate surface area is 171 Å². The number of rotatable bonds is 6. The number of nitrogens with zero attached hydrogens (tertiary/aromatic N) is 2. The van der Waals surface area contributed by atoms with Crippen LogP contribution in [-0.4, -0.2) is 49.1 Å². The van der Waals surface area contributed by atoms with E-state index in [0.717, 1.165) is 25.3 Å². The van der Waals surface area contributed by atoms with Crippen molar-refractivity contribution in [1.82, 2.24) is 9.80 Å². The van der Waals surface area contributed by atoms with Gasteiger partial charge in [-0.2, -0.15) is 11.3 Å². The summed E-state index contributed by atoms with van der Waals surface area (Å²) < 4.78 is 6.17. The van der Waals surface area contributed by atoms with Gasteiger partial charge in [0.1, 0.15) is 5.75 Å². The van der Waals surface area contributed by atoms with E-state index < -0.39 is 0 Å². The summed E-state index contributed by atoms with van der Waals surface area (Å²) >= 11 is 1.79. The predicted molar refractivity (Wildman–Crippen MR) is 117 cm³/mol. The monoisotopic (exact) mass is 394 g/mol. The summed E-state index contributed by atoms with van der Waals surface area (Å²) in [6.45, 7) is 6.77. The molecule has 0 radical (unpaired) electrons. The maximum absolute atomic E-state index is 6.17. The summed E-state index contributed by atoms with van der Waals surface area (Å²) in [7, 11) is 0. The minimum Gasteiger partial charge on any atom is -0.494 e. The van der Waals surface area contributed by atoms with Crippen molar-refractivity contribution >= 4 is 22.6 Å². The second-order valence-corrected chi connectivity index (χ2v) is 9.05. The molecule has 1 aromatic heterocycles. The predicted octanol–water partition coefficient (Wildman–Crippen LogP) is 3.42. The quantitative estimate of drug-likeness (QED) is 0.698. The van der Waals surface area contributed by atoms with Gasteiger partial charge in [-0.05, 0) is 90.5 Å². The fourth-order valence-electron chi connectivity index (χ4n) is 4.95.